The van der Waals surface area contributed by atoms with Crippen LogP contribution in [0.25, 0.3) is 0 Å². The number of hydrogen-bond acceptors (Lipinski definition) is 1. The number of carbonyl (C=O) groups excluding carboxylic acids is 1. The highest BCUT2D eigenvalue weighted by atomic mass is 79.9. The number of alkyl halides is 1. The molecule has 0 heterocycles. The van der Waals surface area contributed by atoms with E-state index < -0.39 is 0 Å². The Hall–Kier alpha value is -0.0600. The van der Waals surface area contributed by atoms with E-state index in [4.69, 9.17) is 11.6 Å². The van der Waals surface area contributed by atoms with E-state index in [-0.39, 0.29) is 11.9 Å². The molecule has 104 valence electrons. The third-order valence-corrected chi connectivity index (χ3v) is 5.74. The van der Waals surface area contributed by atoms with E-state index in [1.54, 1.807) is 18.2 Å². The Morgan fingerprint density at radius 1 is 1.26 bits per heavy atom. The Kier molecular flexibility index (Phi) is 5.72. The van der Waals surface area contributed by atoms with Gasteiger partial charge in [0.05, 0.1) is 5.02 Å². The summed E-state index contributed by atoms with van der Waals surface area (Å²) in [5, 5.41) is 3.74. The lowest BCUT2D eigenvalue weighted by atomic mass is 10.1. The Bertz CT molecular complexity index is 467. The van der Waals surface area contributed by atoms with Gasteiger partial charge in [0.1, 0.15) is 0 Å². The third-order valence-electron chi connectivity index (χ3n) is 3.43. The fraction of sp³-hybridized carbons (Fsp3) is 0.500. The zero-order valence-electron chi connectivity index (χ0n) is 10.5. The predicted molar refractivity (Wildman–Crippen MR) is 86.2 cm³/mol. The molecule has 1 aromatic rings. The maximum Gasteiger partial charge on any atom is 0.251 e. The van der Waals surface area contributed by atoms with Crippen LogP contribution in [0, 0.1) is 0 Å². The number of carbonyl (C=O) groups is 1. The molecule has 0 saturated heterocycles. The van der Waals surface area contributed by atoms with E-state index in [2.05, 4.69) is 37.2 Å². The minimum Gasteiger partial charge on any atom is -0.348 e. The highest BCUT2D eigenvalue weighted by Gasteiger charge is 2.23. The number of rotatable bonds is 2. The number of halogens is 3. The van der Waals surface area contributed by atoms with Crippen molar-refractivity contribution < 1.29 is 4.79 Å². The first-order chi connectivity index (χ1) is 9.08. The summed E-state index contributed by atoms with van der Waals surface area (Å²) in [5.41, 5.74) is 0.639. The summed E-state index contributed by atoms with van der Waals surface area (Å²) >= 11 is 13.0. The Morgan fingerprint density at radius 2 is 2.00 bits per heavy atom. The van der Waals surface area contributed by atoms with E-state index in [9.17, 15) is 4.79 Å². The van der Waals surface area contributed by atoms with Crippen LogP contribution in [0.4, 0.5) is 0 Å². The summed E-state index contributed by atoms with van der Waals surface area (Å²) in [6, 6.07) is 5.46. The van der Waals surface area contributed by atoms with Crippen LogP contribution in [0.2, 0.25) is 5.02 Å². The van der Waals surface area contributed by atoms with Crippen molar-refractivity contribution in [1.82, 2.24) is 5.32 Å². The summed E-state index contributed by atoms with van der Waals surface area (Å²) in [5.74, 6) is -0.0336. The lowest BCUT2D eigenvalue weighted by Gasteiger charge is -2.21. The van der Waals surface area contributed by atoms with Crippen LogP contribution in [0.5, 0.6) is 0 Å². The van der Waals surface area contributed by atoms with Crippen molar-refractivity contribution in [2.45, 2.75) is 43.0 Å². The molecule has 0 aliphatic heterocycles. The number of benzene rings is 1. The van der Waals surface area contributed by atoms with Crippen molar-refractivity contribution >= 4 is 49.4 Å². The topological polar surface area (TPSA) is 29.1 Å². The molecule has 1 aliphatic rings. The summed E-state index contributed by atoms with van der Waals surface area (Å²) < 4.78 is 0.748. The van der Waals surface area contributed by atoms with Gasteiger partial charge >= 0.3 is 0 Å². The molecule has 19 heavy (non-hydrogen) atoms. The molecule has 1 aromatic carbocycles. The highest BCUT2D eigenvalue weighted by molar-refractivity contribution is 9.10. The van der Waals surface area contributed by atoms with E-state index in [0.29, 0.717) is 15.4 Å². The normalized spacial score (nSPS) is 23.7. The van der Waals surface area contributed by atoms with Crippen molar-refractivity contribution in [3.8, 4) is 0 Å². The molecular formula is C14H16Br2ClNO. The average molecular weight is 410 g/mol. The molecule has 0 spiro atoms. The fourth-order valence-electron chi connectivity index (χ4n) is 2.31. The van der Waals surface area contributed by atoms with Crippen molar-refractivity contribution in [2.24, 2.45) is 0 Å². The largest absolute Gasteiger partial charge is 0.348 e. The first kappa shape index (κ1) is 15.3. The fourth-order valence-corrected chi connectivity index (χ4v) is 3.53. The van der Waals surface area contributed by atoms with Crippen molar-refractivity contribution in [3.05, 3.63) is 33.3 Å². The van der Waals surface area contributed by atoms with E-state index in [1.165, 1.54) is 19.3 Å². The minimum absolute atomic E-state index is 0.0336. The molecule has 2 rings (SSSR count). The zero-order chi connectivity index (χ0) is 13.8. The van der Waals surface area contributed by atoms with E-state index in [0.717, 1.165) is 17.3 Å². The van der Waals surface area contributed by atoms with E-state index >= 15 is 0 Å². The van der Waals surface area contributed by atoms with Crippen LogP contribution in [-0.2, 0) is 0 Å². The van der Waals surface area contributed by atoms with Crippen LogP contribution < -0.4 is 5.32 Å². The molecule has 1 N–H and O–H groups in total. The van der Waals surface area contributed by atoms with Crippen LogP contribution >= 0.6 is 43.5 Å². The molecule has 1 aliphatic carbocycles. The molecule has 0 bridgehead atoms. The molecule has 5 heteroatoms. The van der Waals surface area contributed by atoms with Gasteiger partial charge < -0.3 is 5.32 Å². The van der Waals surface area contributed by atoms with Gasteiger partial charge in [0.25, 0.3) is 5.91 Å². The quantitative estimate of drug-likeness (QED) is 0.545. The summed E-state index contributed by atoms with van der Waals surface area (Å²) in [6.45, 7) is 0. The second-order valence-electron chi connectivity index (χ2n) is 4.86. The standard InChI is InChI=1S/C14H16Br2ClNO/c15-10-4-2-1-3-5-13(10)18-14(19)9-6-7-12(17)11(16)8-9/h6-8,10,13H,1-5H2,(H,18,19). The number of nitrogens with one attached hydrogen (secondary N) is 1. The molecule has 1 saturated carbocycles. The second-order valence-corrected chi connectivity index (χ2v) is 7.30. The van der Waals surface area contributed by atoms with Crippen LogP contribution in [0.1, 0.15) is 42.5 Å². The van der Waals surface area contributed by atoms with Crippen molar-refractivity contribution in [1.29, 1.82) is 0 Å². The smallest absolute Gasteiger partial charge is 0.251 e. The molecule has 2 unspecified atom stereocenters. The molecule has 2 nitrogen and oxygen atoms in total. The summed E-state index contributed by atoms with van der Waals surface area (Å²) in [6.07, 6.45) is 5.82. The molecule has 1 fully saturated rings. The monoisotopic (exact) mass is 407 g/mol. The highest BCUT2D eigenvalue weighted by Crippen LogP contribution is 2.25. The third kappa shape index (κ3) is 4.20. The molecular weight excluding hydrogens is 393 g/mol. The zero-order valence-corrected chi connectivity index (χ0v) is 14.4. The number of hydrogen-bond donors (Lipinski definition) is 1. The lowest BCUT2D eigenvalue weighted by Crippen LogP contribution is -2.40. The van der Waals surface area contributed by atoms with Gasteiger partial charge in [0, 0.05) is 20.9 Å². The molecule has 2 atom stereocenters. The first-order valence-electron chi connectivity index (χ1n) is 6.48. The summed E-state index contributed by atoms with van der Waals surface area (Å²) in [7, 11) is 0. The van der Waals surface area contributed by atoms with Gasteiger partial charge in [-0.3, -0.25) is 4.79 Å². The second kappa shape index (κ2) is 7.09. The van der Waals surface area contributed by atoms with Gasteiger partial charge in [-0.1, -0.05) is 46.8 Å². The Labute approximate surface area is 135 Å². The van der Waals surface area contributed by atoms with Gasteiger partial charge in [-0.2, -0.15) is 0 Å². The molecule has 0 radical (unpaired) electrons. The van der Waals surface area contributed by atoms with Gasteiger partial charge in [0.15, 0.2) is 0 Å². The van der Waals surface area contributed by atoms with Gasteiger partial charge in [-0.15, -0.1) is 0 Å². The van der Waals surface area contributed by atoms with Gasteiger partial charge in [0.2, 0.25) is 0 Å². The van der Waals surface area contributed by atoms with Crippen molar-refractivity contribution in [3.63, 3.8) is 0 Å². The van der Waals surface area contributed by atoms with Crippen LogP contribution in [-0.4, -0.2) is 16.8 Å². The average Bonchev–Trinajstić information content (AvgIpc) is 2.58. The van der Waals surface area contributed by atoms with Gasteiger partial charge in [-0.25, -0.2) is 0 Å². The van der Waals surface area contributed by atoms with Crippen LogP contribution in [0.3, 0.4) is 0 Å². The van der Waals surface area contributed by atoms with Gasteiger partial charge in [-0.05, 0) is 47.0 Å². The maximum atomic E-state index is 12.2. The van der Waals surface area contributed by atoms with E-state index in [1.807, 2.05) is 0 Å². The summed E-state index contributed by atoms with van der Waals surface area (Å²) in [4.78, 5) is 12.6. The lowest BCUT2D eigenvalue weighted by molar-refractivity contribution is 0.0935. The molecule has 1 amide bonds. The first-order valence-corrected chi connectivity index (χ1v) is 8.56. The predicted octanol–water partition coefficient (Wildman–Crippen LogP) is 4.93. The molecule has 0 aromatic heterocycles. The SMILES string of the molecule is O=C(NC1CCCCCC1Br)c1ccc(Cl)c(Br)c1. The maximum absolute atomic E-state index is 12.2. The Morgan fingerprint density at radius 3 is 2.74 bits per heavy atom. The van der Waals surface area contributed by atoms with Crippen LogP contribution in [0.15, 0.2) is 22.7 Å². The van der Waals surface area contributed by atoms with Crippen molar-refractivity contribution in [2.75, 3.05) is 0 Å². The number of amides is 1. The minimum atomic E-state index is -0.0336. The Balaban J connectivity index is 2.05.